The Balaban J connectivity index is 3.25. The lowest BCUT2D eigenvalue weighted by atomic mass is 10.2. The molecule has 0 saturated heterocycles. The van der Waals surface area contributed by atoms with E-state index in [-0.39, 0.29) is 17.7 Å². The van der Waals surface area contributed by atoms with Crippen molar-refractivity contribution < 1.29 is 17.9 Å². The molecular weight excluding hydrogens is 239 g/mol. The fourth-order valence-electron chi connectivity index (χ4n) is 1.19. The molecule has 0 aliphatic carbocycles. The molecule has 0 aromatic carbocycles. The molecule has 0 saturated carbocycles. The maximum atomic E-state index is 12.1. The smallest absolute Gasteiger partial charge is 0.389 e. The summed E-state index contributed by atoms with van der Waals surface area (Å²) in [6.45, 7) is -0.395. The van der Waals surface area contributed by atoms with Gasteiger partial charge < -0.3 is 15.5 Å². The van der Waals surface area contributed by atoms with Crippen LogP contribution < -0.4 is 15.9 Å². The maximum Gasteiger partial charge on any atom is 0.574 e. The quantitative estimate of drug-likeness (QED) is 0.826. The van der Waals surface area contributed by atoms with Crippen molar-refractivity contribution in [2.45, 2.75) is 19.3 Å². The van der Waals surface area contributed by atoms with Crippen LogP contribution >= 0.6 is 0 Å². The second-order valence-corrected chi connectivity index (χ2v) is 3.05. The third-order valence-electron chi connectivity index (χ3n) is 1.84. The fraction of sp³-hybridized carbons (Fsp3) is 0.333. The van der Waals surface area contributed by atoms with Crippen molar-refractivity contribution in [3.05, 3.63) is 27.5 Å². The summed E-state index contributed by atoms with van der Waals surface area (Å²) in [5.74, 6) is -0.766. The largest absolute Gasteiger partial charge is 0.574 e. The van der Waals surface area contributed by atoms with Gasteiger partial charge >= 0.3 is 6.36 Å². The van der Waals surface area contributed by atoms with Crippen molar-refractivity contribution in [2.75, 3.05) is 0 Å². The van der Waals surface area contributed by atoms with Gasteiger partial charge in [0, 0.05) is 18.3 Å². The van der Waals surface area contributed by atoms with E-state index >= 15 is 0 Å². The molecule has 17 heavy (non-hydrogen) atoms. The van der Waals surface area contributed by atoms with E-state index < -0.39 is 24.2 Å². The minimum Gasteiger partial charge on any atom is -0.389 e. The van der Waals surface area contributed by atoms with E-state index in [1.54, 1.807) is 6.07 Å². The predicted molar refractivity (Wildman–Crippen MR) is 51.0 cm³/mol. The number of alkyl halides is 3. The van der Waals surface area contributed by atoms with Crippen molar-refractivity contribution in [2.24, 2.45) is 5.73 Å². The number of hydrogen-bond donors (Lipinski definition) is 2. The summed E-state index contributed by atoms with van der Waals surface area (Å²) in [5.41, 5.74) is 4.18. The van der Waals surface area contributed by atoms with E-state index in [0.717, 1.165) is 6.07 Å². The topological polar surface area (TPSA) is 91.9 Å². The summed E-state index contributed by atoms with van der Waals surface area (Å²) in [6, 6.07) is 2.72. The normalized spacial score (nSPS) is 11.0. The second kappa shape index (κ2) is 4.88. The molecule has 3 N–H and O–H groups in total. The van der Waals surface area contributed by atoms with Crippen LogP contribution in [0.25, 0.3) is 0 Å². The van der Waals surface area contributed by atoms with Gasteiger partial charge in [0.2, 0.25) is 5.88 Å². The van der Waals surface area contributed by atoms with Gasteiger partial charge in [-0.05, 0) is 0 Å². The zero-order chi connectivity index (χ0) is 13.1. The van der Waals surface area contributed by atoms with Gasteiger partial charge in [0.15, 0.2) is 5.43 Å². The molecule has 1 aromatic rings. The molecule has 0 fully saturated rings. The first-order chi connectivity index (χ1) is 7.87. The summed E-state index contributed by atoms with van der Waals surface area (Å²) in [6.07, 6.45) is -5.16. The zero-order valence-electron chi connectivity index (χ0n) is 8.47. The molecule has 5 nitrogen and oxygen atoms in total. The summed E-state index contributed by atoms with van der Waals surface area (Å²) in [5, 5.41) is 8.40. The maximum absolute atomic E-state index is 12.1. The van der Waals surface area contributed by atoms with Crippen LogP contribution in [0.3, 0.4) is 0 Å². The SMILES string of the molecule is N#CCc1cc(=O)c(CN)c(OC(F)(F)F)[nH]1. The number of rotatable bonds is 3. The van der Waals surface area contributed by atoms with E-state index in [9.17, 15) is 18.0 Å². The summed E-state index contributed by atoms with van der Waals surface area (Å²) in [7, 11) is 0. The first-order valence-electron chi connectivity index (χ1n) is 4.45. The lowest BCUT2D eigenvalue weighted by molar-refractivity contribution is -0.276. The number of nitrogens with one attached hydrogen (secondary N) is 1. The highest BCUT2D eigenvalue weighted by Crippen LogP contribution is 2.22. The van der Waals surface area contributed by atoms with E-state index in [1.807, 2.05) is 0 Å². The molecule has 8 heteroatoms. The Kier molecular flexibility index (Phi) is 3.75. The van der Waals surface area contributed by atoms with Crippen LogP contribution in [-0.4, -0.2) is 11.3 Å². The van der Waals surface area contributed by atoms with Gasteiger partial charge in [-0.2, -0.15) is 5.26 Å². The van der Waals surface area contributed by atoms with Gasteiger partial charge in [-0.15, -0.1) is 13.2 Å². The van der Waals surface area contributed by atoms with E-state index in [1.165, 1.54) is 0 Å². The van der Waals surface area contributed by atoms with Crippen LogP contribution in [-0.2, 0) is 13.0 Å². The molecule has 0 bridgehead atoms. The molecule has 92 valence electrons. The predicted octanol–water partition coefficient (Wildman–Crippen LogP) is 0.798. The van der Waals surface area contributed by atoms with Crippen molar-refractivity contribution in [1.29, 1.82) is 5.26 Å². The number of nitrogens with zero attached hydrogens (tertiary/aromatic N) is 1. The van der Waals surface area contributed by atoms with Crippen LogP contribution in [0.15, 0.2) is 10.9 Å². The molecule has 0 aliphatic rings. The van der Waals surface area contributed by atoms with Crippen molar-refractivity contribution in [3.8, 4) is 11.9 Å². The average molecular weight is 247 g/mol. The van der Waals surface area contributed by atoms with E-state index in [0.29, 0.717) is 0 Å². The Morgan fingerprint density at radius 2 is 2.18 bits per heavy atom. The molecule has 0 unspecified atom stereocenters. The first kappa shape index (κ1) is 13.1. The van der Waals surface area contributed by atoms with Gasteiger partial charge in [0.1, 0.15) is 0 Å². The number of hydrogen-bond acceptors (Lipinski definition) is 4. The number of aromatic amines is 1. The summed E-state index contributed by atoms with van der Waals surface area (Å²) >= 11 is 0. The lowest BCUT2D eigenvalue weighted by Crippen LogP contribution is -2.24. The molecule has 1 aromatic heterocycles. The number of nitrogens with two attached hydrogens (primary N) is 1. The number of nitriles is 1. The molecule has 0 spiro atoms. The van der Waals surface area contributed by atoms with Gasteiger partial charge in [0.05, 0.1) is 18.1 Å². The van der Waals surface area contributed by atoms with Gasteiger partial charge in [-0.1, -0.05) is 0 Å². The third-order valence-corrected chi connectivity index (χ3v) is 1.84. The molecule has 0 atom stereocenters. The molecule has 0 aliphatic heterocycles. The highest BCUT2D eigenvalue weighted by molar-refractivity contribution is 5.29. The Hall–Kier alpha value is -2.01. The highest BCUT2D eigenvalue weighted by Gasteiger charge is 2.33. The number of pyridine rings is 1. The van der Waals surface area contributed by atoms with Crippen LogP contribution in [0.4, 0.5) is 13.2 Å². The van der Waals surface area contributed by atoms with Crippen LogP contribution in [0.1, 0.15) is 11.3 Å². The number of aromatic nitrogens is 1. The Labute approximate surface area is 93.6 Å². The fourth-order valence-corrected chi connectivity index (χ4v) is 1.19. The van der Waals surface area contributed by atoms with Gasteiger partial charge in [-0.25, -0.2) is 0 Å². The number of H-pyrrole nitrogens is 1. The molecule has 1 rings (SSSR count). The van der Waals surface area contributed by atoms with Gasteiger partial charge in [-0.3, -0.25) is 4.79 Å². The number of halogens is 3. The average Bonchev–Trinajstić information content (AvgIpc) is 2.15. The minimum atomic E-state index is -4.93. The van der Waals surface area contributed by atoms with Gasteiger partial charge in [0.25, 0.3) is 0 Å². The monoisotopic (exact) mass is 247 g/mol. The second-order valence-electron chi connectivity index (χ2n) is 3.05. The summed E-state index contributed by atoms with van der Waals surface area (Å²) < 4.78 is 39.8. The first-order valence-corrected chi connectivity index (χ1v) is 4.45. The highest BCUT2D eigenvalue weighted by atomic mass is 19.4. The van der Waals surface area contributed by atoms with E-state index in [2.05, 4.69) is 9.72 Å². The van der Waals surface area contributed by atoms with E-state index in [4.69, 9.17) is 11.0 Å². The Morgan fingerprint density at radius 3 is 2.65 bits per heavy atom. The molecule has 0 amide bonds. The Bertz CT molecular complexity index is 502. The summed E-state index contributed by atoms with van der Waals surface area (Å²) in [4.78, 5) is 13.6. The van der Waals surface area contributed by atoms with Crippen molar-refractivity contribution in [3.63, 3.8) is 0 Å². The van der Waals surface area contributed by atoms with Crippen LogP contribution in [0.5, 0.6) is 5.88 Å². The van der Waals surface area contributed by atoms with Crippen LogP contribution in [0, 0.1) is 11.3 Å². The molecule has 1 heterocycles. The van der Waals surface area contributed by atoms with Crippen molar-refractivity contribution in [1.82, 2.24) is 4.98 Å². The van der Waals surface area contributed by atoms with Crippen molar-refractivity contribution >= 4 is 0 Å². The standard InChI is InChI=1S/C9H8F3N3O2/c10-9(11,12)17-8-6(4-14)7(16)3-5(15-8)1-2-13/h3H,1,4,14H2,(H,15,16). The Morgan fingerprint density at radius 1 is 1.53 bits per heavy atom. The van der Waals surface area contributed by atoms with Crippen LogP contribution in [0.2, 0.25) is 0 Å². The molecular formula is C9H8F3N3O2. The molecule has 0 radical (unpaired) electrons. The zero-order valence-corrected chi connectivity index (χ0v) is 8.47. The lowest BCUT2D eigenvalue weighted by Gasteiger charge is -2.12. The minimum absolute atomic E-state index is 0.0361. The number of ether oxygens (including phenoxy) is 1. The third kappa shape index (κ3) is 3.49.